The Bertz CT molecular complexity index is 801. The number of anilines is 1. The Balaban J connectivity index is 1.80. The number of hydrogen-bond donors (Lipinski definition) is 1. The first-order chi connectivity index (χ1) is 11.0. The summed E-state index contributed by atoms with van der Waals surface area (Å²) >= 11 is 0. The highest BCUT2D eigenvalue weighted by molar-refractivity contribution is 7.92. The summed E-state index contributed by atoms with van der Waals surface area (Å²) in [6.45, 7) is 4.18. The lowest BCUT2D eigenvalue weighted by Gasteiger charge is -2.10. The van der Waals surface area contributed by atoms with E-state index in [4.69, 9.17) is 4.74 Å². The quantitative estimate of drug-likeness (QED) is 0.915. The van der Waals surface area contributed by atoms with Crippen LogP contribution in [0.5, 0.6) is 5.75 Å². The van der Waals surface area contributed by atoms with E-state index in [0.29, 0.717) is 18.0 Å². The number of nitrogens with one attached hydrogen (secondary N) is 1. The highest BCUT2D eigenvalue weighted by atomic mass is 32.2. The molecule has 0 bridgehead atoms. The maximum atomic E-state index is 12.5. The fourth-order valence-corrected chi connectivity index (χ4v) is 3.77. The second-order valence-electron chi connectivity index (χ2n) is 5.67. The lowest BCUT2D eigenvalue weighted by atomic mass is 10.1. The lowest BCUT2D eigenvalue weighted by Crippen LogP contribution is -2.13. The molecule has 0 atom stereocenters. The second-order valence-corrected chi connectivity index (χ2v) is 7.35. The standard InChI is InChI=1S/C17H20N2O3S/c1-3-22-16-6-8-17(9-7-16)23(20,21)18-15-5-4-13-11-19(2)12-14(13)10-15/h4-10,18H,3,11-12H2,1-2H3. The molecule has 1 heterocycles. The topological polar surface area (TPSA) is 58.6 Å². The third-order valence-corrected chi connectivity index (χ3v) is 5.18. The summed E-state index contributed by atoms with van der Waals surface area (Å²) in [5.74, 6) is 0.659. The van der Waals surface area contributed by atoms with Gasteiger partial charge in [-0.3, -0.25) is 9.62 Å². The van der Waals surface area contributed by atoms with Crippen LogP contribution in [0.15, 0.2) is 47.4 Å². The van der Waals surface area contributed by atoms with Crippen LogP contribution in [0.1, 0.15) is 18.1 Å². The van der Waals surface area contributed by atoms with Crippen molar-refractivity contribution in [1.82, 2.24) is 4.90 Å². The van der Waals surface area contributed by atoms with Gasteiger partial charge in [-0.25, -0.2) is 8.42 Å². The van der Waals surface area contributed by atoms with E-state index in [1.54, 1.807) is 24.3 Å². The molecule has 1 aliphatic heterocycles. The van der Waals surface area contributed by atoms with Gasteiger partial charge in [-0.05, 0) is 61.5 Å². The number of fused-ring (bicyclic) bond motifs is 1. The van der Waals surface area contributed by atoms with Gasteiger partial charge in [0.2, 0.25) is 0 Å². The highest BCUT2D eigenvalue weighted by Gasteiger charge is 2.18. The monoisotopic (exact) mass is 332 g/mol. The van der Waals surface area contributed by atoms with Crippen LogP contribution < -0.4 is 9.46 Å². The Morgan fingerprint density at radius 2 is 1.78 bits per heavy atom. The van der Waals surface area contributed by atoms with Gasteiger partial charge in [0.1, 0.15) is 5.75 Å². The van der Waals surface area contributed by atoms with Gasteiger partial charge in [0.15, 0.2) is 0 Å². The van der Waals surface area contributed by atoms with Crippen molar-refractivity contribution in [3.8, 4) is 5.75 Å². The zero-order valence-corrected chi connectivity index (χ0v) is 14.1. The van der Waals surface area contributed by atoms with Crippen LogP contribution in [0.4, 0.5) is 5.69 Å². The predicted molar refractivity (Wildman–Crippen MR) is 90.0 cm³/mol. The molecule has 23 heavy (non-hydrogen) atoms. The smallest absolute Gasteiger partial charge is 0.261 e. The van der Waals surface area contributed by atoms with Crippen molar-refractivity contribution in [2.75, 3.05) is 18.4 Å². The molecule has 0 saturated carbocycles. The second kappa shape index (κ2) is 6.22. The van der Waals surface area contributed by atoms with Crippen molar-refractivity contribution in [2.45, 2.75) is 24.9 Å². The van der Waals surface area contributed by atoms with Gasteiger partial charge in [-0.15, -0.1) is 0 Å². The van der Waals surface area contributed by atoms with Gasteiger partial charge in [0.05, 0.1) is 11.5 Å². The Kier molecular flexibility index (Phi) is 4.28. The first-order valence-corrected chi connectivity index (χ1v) is 9.02. The summed E-state index contributed by atoms with van der Waals surface area (Å²) in [7, 11) is -1.55. The largest absolute Gasteiger partial charge is 0.494 e. The Labute approximate surface area is 136 Å². The number of nitrogens with zero attached hydrogens (tertiary/aromatic N) is 1. The van der Waals surface area contributed by atoms with Crippen molar-refractivity contribution in [2.24, 2.45) is 0 Å². The normalized spacial score (nSPS) is 14.5. The van der Waals surface area contributed by atoms with Gasteiger partial charge in [0.25, 0.3) is 10.0 Å². The third kappa shape index (κ3) is 3.48. The minimum absolute atomic E-state index is 0.221. The summed E-state index contributed by atoms with van der Waals surface area (Å²) in [4.78, 5) is 2.41. The van der Waals surface area contributed by atoms with Crippen LogP contribution in [0.3, 0.4) is 0 Å². The summed E-state index contributed by atoms with van der Waals surface area (Å²) in [5, 5.41) is 0. The molecule has 0 spiro atoms. The van der Waals surface area contributed by atoms with Crippen molar-refractivity contribution in [1.29, 1.82) is 0 Å². The zero-order valence-electron chi connectivity index (χ0n) is 13.2. The average molecular weight is 332 g/mol. The van der Waals surface area contributed by atoms with Crippen molar-refractivity contribution in [3.63, 3.8) is 0 Å². The molecule has 0 unspecified atom stereocenters. The minimum Gasteiger partial charge on any atom is -0.494 e. The Hall–Kier alpha value is -2.05. The summed E-state index contributed by atoms with van der Waals surface area (Å²) in [6, 6.07) is 12.1. The van der Waals surface area contributed by atoms with E-state index in [1.165, 1.54) is 11.1 Å². The van der Waals surface area contributed by atoms with Gasteiger partial charge >= 0.3 is 0 Å². The number of benzene rings is 2. The molecule has 6 heteroatoms. The van der Waals surface area contributed by atoms with Crippen LogP contribution in [0, 0.1) is 0 Å². The van der Waals surface area contributed by atoms with Crippen LogP contribution in [0.25, 0.3) is 0 Å². The lowest BCUT2D eigenvalue weighted by molar-refractivity contribution is 0.340. The molecule has 1 N–H and O–H groups in total. The molecule has 122 valence electrons. The average Bonchev–Trinajstić information content (AvgIpc) is 2.87. The van der Waals surface area contributed by atoms with Crippen LogP contribution in [-0.4, -0.2) is 27.0 Å². The number of hydrogen-bond acceptors (Lipinski definition) is 4. The van der Waals surface area contributed by atoms with Gasteiger partial charge < -0.3 is 4.74 Å². The molecule has 2 aromatic rings. The SMILES string of the molecule is CCOc1ccc(S(=O)(=O)Nc2ccc3c(c2)CN(C)C3)cc1. The van der Waals surface area contributed by atoms with E-state index in [2.05, 4.69) is 9.62 Å². The van der Waals surface area contributed by atoms with Crippen molar-refractivity contribution >= 4 is 15.7 Å². The first-order valence-electron chi connectivity index (χ1n) is 7.54. The van der Waals surface area contributed by atoms with Crippen LogP contribution in [0.2, 0.25) is 0 Å². The van der Waals surface area contributed by atoms with Gasteiger partial charge in [0, 0.05) is 18.8 Å². The molecular weight excluding hydrogens is 312 g/mol. The van der Waals surface area contributed by atoms with Crippen molar-refractivity contribution in [3.05, 3.63) is 53.6 Å². The molecule has 0 aromatic heterocycles. The number of rotatable bonds is 5. The fraction of sp³-hybridized carbons (Fsp3) is 0.294. The van der Waals surface area contributed by atoms with E-state index in [-0.39, 0.29) is 4.90 Å². The minimum atomic E-state index is -3.60. The molecule has 0 amide bonds. The highest BCUT2D eigenvalue weighted by Crippen LogP contribution is 2.26. The Morgan fingerprint density at radius 1 is 1.09 bits per heavy atom. The maximum absolute atomic E-state index is 12.5. The summed E-state index contributed by atoms with van der Waals surface area (Å²) in [6.07, 6.45) is 0. The molecule has 1 aliphatic rings. The number of ether oxygens (including phenoxy) is 1. The molecule has 5 nitrogen and oxygen atoms in total. The fourth-order valence-electron chi connectivity index (χ4n) is 2.72. The first kappa shape index (κ1) is 15.8. The van der Waals surface area contributed by atoms with Gasteiger partial charge in [-0.2, -0.15) is 0 Å². The molecule has 0 fully saturated rings. The summed E-state index contributed by atoms with van der Waals surface area (Å²) < 4.78 is 32.9. The van der Waals surface area contributed by atoms with E-state index in [0.717, 1.165) is 13.1 Å². The molecule has 0 radical (unpaired) electrons. The number of sulfonamides is 1. The molecule has 0 aliphatic carbocycles. The van der Waals surface area contributed by atoms with Crippen molar-refractivity contribution < 1.29 is 13.2 Å². The molecule has 0 saturated heterocycles. The Morgan fingerprint density at radius 3 is 2.48 bits per heavy atom. The predicted octanol–water partition coefficient (Wildman–Crippen LogP) is 2.83. The van der Waals surface area contributed by atoms with Gasteiger partial charge in [-0.1, -0.05) is 6.07 Å². The molecular formula is C17H20N2O3S. The zero-order chi connectivity index (χ0) is 16.4. The van der Waals surface area contributed by atoms with E-state index in [9.17, 15) is 8.42 Å². The van der Waals surface area contributed by atoms with E-state index >= 15 is 0 Å². The van der Waals surface area contributed by atoms with E-state index < -0.39 is 10.0 Å². The third-order valence-electron chi connectivity index (χ3n) is 3.78. The molecule has 3 rings (SSSR count). The molecule has 2 aromatic carbocycles. The van der Waals surface area contributed by atoms with Crippen LogP contribution in [-0.2, 0) is 23.1 Å². The summed E-state index contributed by atoms with van der Waals surface area (Å²) in [5.41, 5.74) is 3.00. The van der Waals surface area contributed by atoms with E-state index in [1.807, 2.05) is 32.2 Å². The maximum Gasteiger partial charge on any atom is 0.261 e. The van der Waals surface area contributed by atoms with Crippen LogP contribution >= 0.6 is 0 Å².